The van der Waals surface area contributed by atoms with E-state index in [1.54, 1.807) is 18.5 Å². The summed E-state index contributed by atoms with van der Waals surface area (Å²) >= 11 is 0. The van der Waals surface area contributed by atoms with Crippen molar-refractivity contribution in [2.45, 2.75) is 19.8 Å². The molecule has 0 spiro atoms. The summed E-state index contributed by atoms with van der Waals surface area (Å²) in [6, 6.07) is 10.9. The van der Waals surface area contributed by atoms with Gasteiger partial charge in [0, 0.05) is 29.2 Å². The lowest BCUT2D eigenvalue weighted by atomic mass is 10.0. The molecule has 0 aliphatic heterocycles. The van der Waals surface area contributed by atoms with Crippen LogP contribution in [0.25, 0.3) is 50.4 Å². The molecule has 0 radical (unpaired) electrons. The minimum absolute atomic E-state index is 0.246. The molecule has 6 rings (SSSR count). The van der Waals surface area contributed by atoms with Gasteiger partial charge in [0.25, 0.3) is 0 Å². The maximum atomic E-state index is 15.3. The van der Waals surface area contributed by atoms with Crippen molar-refractivity contribution >= 4 is 27.5 Å². The first-order valence-electron chi connectivity index (χ1n) is 12.5. The Kier molecular flexibility index (Phi) is 5.92. The predicted octanol–water partition coefficient (Wildman–Crippen LogP) is 6.69. The van der Waals surface area contributed by atoms with Crippen LogP contribution >= 0.6 is 0 Å². The van der Waals surface area contributed by atoms with E-state index < -0.39 is 5.82 Å². The van der Waals surface area contributed by atoms with Crippen LogP contribution in [0, 0.1) is 11.7 Å². The Labute approximate surface area is 219 Å². The molecule has 0 amide bonds. The fourth-order valence-corrected chi connectivity index (χ4v) is 4.53. The number of H-pyrrole nitrogens is 2. The van der Waals surface area contributed by atoms with Crippen molar-refractivity contribution in [3.8, 4) is 22.9 Å². The standard InChI is InChI=1S/C30H26FN7/c1-4-18(14-21(5-2)34-17(3)19-9-10-19)20-15-22-26(23(31)16-20)37-38-27(22)30-35-25-11-13-33-28(29(25)36-30)24-8-6-7-12-32-24/h4-8,11-16,19,34H,2-3,9-10H2,1H3,(H,35,36)(H,37,38)/b18-4+,21-14+. The topological polar surface area (TPSA) is 95.2 Å². The van der Waals surface area contributed by atoms with Crippen LogP contribution in [0.1, 0.15) is 25.3 Å². The lowest BCUT2D eigenvalue weighted by molar-refractivity contribution is 0.636. The fraction of sp³-hybridized carbons (Fsp3) is 0.133. The van der Waals surface area contributed by atoms with Crippen LogP contribution in [0.2, 0.25) is 0 Å². The Bertz CT molecular complexity index is 1750. The van der Waals surface area contributed by atoms with Crippen molar-refractivity contribution in [2.75, 3.05) is 0 Å². The average molecular weight is 504 g/mol. The number of benzene rings is 1. The van der Waals surface area contributed by atoms with Crippen molar-refractivity contribution in [1.29, 1.82) is 0 Å². The Morgan fingerprint density at radius 2 is 2.00 bits per heavy atom. The molecule has 38 heavy (non-hydrogen) atoms. The number of hydrogen-bond acceptors (Lipinski definition) is 5. The van der Waals surface area contributed by atoms with E-state index in [1.807, 2.05) is 49.4 Å². The number of pyridine rings is 2. The molecule has 1 saturated carbocycles. The van der Waals surface area contributed by atoms with E-state index in [4.69, 9.17) is 4.98 Å². The molecule has 3 N–H and O–H groups in total. The van der Waals surface area contributed by atoms with Crippen molar-refractivity contribution in [3.63, 3.8) is 0 Å². The molecule has 0 atom stereocenters. The van der Waals surface area contributed by atoms with Crippen molar-refractivity contribution in [1.82, 2.24) is 35.5 Å². The number of allylic oxidation sites excluding steroid dienone is 5. The number of imidazole rings is 1. The van der Waals surface area contributed by atoms with Gasteiger partial charge in [-0.1, -0.05) is 25.3 Å². The first-order valence-corrected chi connectivity index (χ1v) is 12.5. The first kappa shape index (κ1) is 23.5. The summed E-state index contributed by atoms with van der Waals surface area (Å²) in [5, 5.41) is 11.2. The van der Waals surface area contributed by atoms with Crippen LogP contribution < -0.4 is 5.32 Å². The van der Waals surface area contributed by atoms with Gasteiger partial charge >= 0.3 is 0 Å². The van der Waals surface area contributed by atoms with E-state index in [-0.39, 0.29) is 5.52 Å². The highest BCUT2D eigenvalue weighted by Crippen LogP contribution is 2.35. The normalized spacial score (nSPS) is 14.3. The monoisotopic (exact) mass is 503 g/mol. The zero-order valence-electron chi connectivity index (χ0n) is 20.9. The molecule has 1 aliphatic carbocycles. The van der Waals surface area contributed by atoms with E-state index >= 15 is 4.39 Å². The highest BCUT2D eigenvalue weighted by atomic mass is 19.1. The van der Waals surface area contributed by atoms with Crippen LogP contribution in [0.3, 0.4) is 0 Å². The molecular weight excluding hydrogens is 477 g/mol. The molecule has 4 aromatic heterocycles. The van der Waals surface area contributed by atoms with Gasteiger partial charge < -0.3 is 10.3 Å². The molecule has 1 aliphatic rings. The minimum Gasteiger partial charge on any atom is -0.359 e. The quantitative estimate of drug-likeness (QED) is 0.205. The largest absolute Gasteiger partial charge is 0.359 e. The molecule has 0 saturated heterocycles. The van der Waals surface area contributed by atoms with Gasteiger partial charge in [-0.15, -0.1) is 0 Å². The number of halogens is 1. The van der Waals surface area contributed by atoms with E-state index in [1.165, 1.54) is 6.07 Å². The molecule has 8 heteroatoms. The van der Waals surface area contributed by atoms with Gasteiger partial charge in [0.15, 0.2) is 11.6 Å². The number of aromatic amines is 2. The van der Waals surface area contributed by atoms with E-state index in [0.29, 0.717) is 39.6 Å². The number of nitrogens with one attached hydrogen (secondary N) is 3. The summed E-state index contributed by atoms with van der Waals surface area (Å²) in [4.78, 5) is 17.1. The molecule has 5 aromatic rings. The summed E-state index contributed by atoms with van der Waals surface area (Å²) in [6.07, 6.45) is 11.4. The third kappa shape index (κ3) is 4.30. The zero-order chi connectivity index (χ0) is 26.2. The van der Waals surface area contributed by atoms with Gasteiger partial charge in [-0.2, -0.15) is 5.10 Å². The predicted molar refractivity (Wildman–Crippen MR) is 149 cm³/mol. The molecule has 0 bridgehead atoms. The lowest BCUT2D eigenvalue weighted by Gasteiger charge is -2.11. The first-order chi connectivity index (χ1) is 18.6. The number of nitrogens with zero attached hydrogens (tertiary/aromatic N) is 4. The SMILES string of the molecule is C=C/C(=C\C(=C/C)c1cc(F)c2n[nH]c(-c3nc4c(-c5ccccn5)nccc4[nH]3)c2c1)NC(=C)C1CC1. The van der Waals surface area contributed by atoms with Gasteiger partial charge in [0.1, 0.15) is 22.4 Å². The second kappa shape index (κ2) is 9.55. The van der Waals surface area contributed by atoms with Crippen LogP contribution in [0.4, 0.5) is 4.39 Å². The van der Waals surface area contributed by atoms with Crippen molar-refractivity contribution < 1.29 is 4.39 Å². The number of hydrogen-bond donors (Lipinski definition) is 3. The molecule has 188 valence electrons. The molecule has 1 aromatic carbocycles. The number of rotatable bonds is 8. The molecule has 0 unspecified atom stereocenters. The molecule has 4 heterocycles. The lowest BCUT2D eigenvalue weighted by Crippen LogP contribution is -2.11. The van der Waals surface area contributed by atoms with Crippen LogP contribution in [0.15, 0.2) is 91.6 Å². The van der Waals surface area contributed by atoms with Gasteiger partial charge in [0.05, 0.1) is 11.2 Å². The van der Waals surface area contributed by atoms with E-state index in [0.717, 1.165) is 41.0 Å². The van der Waals surface area contributed by atoms with Crippen molar-refractivity contribution in [2.24, 2.45) is 5.92 Å². The molecule has 1 fully saturated rings. The smallest absolute Gasteiger partial charge is 0.157 e. The summed E-state index contributed by atoms with van der Waals surface area (Å²) in [6.45, 7) is 9.99. The average Bonchev–Trinajstić information content (AvgIpc) is 3.56. The third-order valence-corrected chi connectivity index (χ3v) is 6.71. The third-order valence-electron chi connectivity index (χ3n) is 6.71. The highest BCUT2D eigenvalue weighted by Gasteiger charge is 2.25. The minimum atomic E-state index is -0.421. The summed E-state index contributed by atoms with van der Waals surface area (Å²) in [7, 11) is 0. The summed E-state index contributed by atoms with van der Waals surface area (Å²) < 4.78 is 15.3. The Morgan fingerprint density at radius 1 is 1.13 bits per heavy atom. The Hall–Kier alpha value is -4.85. The Morgan fingerprint density at radius 3 is 2.74 bits per heavy atom. The Balaban J connectivity index is 1.42. The molecule has 7 nitrogen and oxygen atoms in total. The van der Waals surface area contributed by atoms with Crippen LogP contribution in [-0.2, 0) is 0 Å². The van der Waals surface area contributed by atoms with Gasteiger partial charge in [0.2, 0.25) is 0 Å². The van der Waals surface area contributed by atoms with E-state index in [2.05, 4.69) is 43.6 Å². The highest BCUT2D eigenvalue weighted by molar-refractivity contribution is 5.97. The summed E-state index contributed by atoms with van der Waals surface area (Å²) in [5.41, 5.74) is 7.05. The fourth-order valence-electron chi connectivity index (χ4n) is 4.53. The van der Waals surface area contributed by atoms with Gasteiger partial charge in [-0.25, -0.2) is 9.37 Å². The number of aromatic nitrogens is 6. The maximum Gasteiger partial charge on any atom is 0.157 e. The van der Waals surface area contributed by atoms with Crippen molar-refractivity contribution in [3.05, 3.63) is 103 Å². The zero-order valence-corrected chi connectivity index (χ0v) is 20.9. The van der Waals surface area contributed by atoms with E-state index in [9.17, 15) is 0 Å². The maximum absolute atomic E-state index is 15.3. The van der Waals surface area contributed by atoms with Gasteiger partial charge in [-0.05, 0) is 79.3 Å². The van der Waals surface area contributed by atoms with Gasteiger partial charge in [-0.3, -0.25) is 15.1 Å². The van der Waals surface area contributed by atoms with Crippen LogP contribution in [0.5, 0.6) is 0 Å². The number of fused-ring (bicyclic) bond motifs is 2. The second-order valence-electron chi connectivity index (χ2n) is 9.28. The van der Waals surface area contributed by atoms with Crippen LogP contribution in [-0.4, -0.2) is 30.1 Å². The second-order valence-corrected chi connectivity index (χ2v) is 9.28. The molecular formula is C30H26FN7. The summed E-state index contributed by atoms with van der Waals surface area (Å²) in [5.74, 6) is 0.623.